The summed E-state index contributed by atoms with van der Waals surface area (Å²) in [5.74, 6) is 1.33. The second-order valence-corrected chi connectivity index (χ2v) is 8.94. The van der Waals surface area contributed by atoms with Gasteiger partial charge in [-0.25, -0.2) is 12.7 Å². The fourth-order valence-corrected chi connectivity index (χ4v) is 6.16. The summed E-state index contributed by atoms with van der Waals surface area (Å²) in [6, 6.07) is 0. The molecule has 8 heteroatoms. The van der Waals surface area contributed by atoms with Gasteiger partial charge >= 0.3 is 6.36 Å². The first-order chi connectivity index (χ1) is 10.2. The number of hydrogen-bond acceptors (Lipinski definition) is 3. The molecule has 0 spiro atoms. The molecule has 0 aromatic carbocycles. The molecule has 0 aromatic heterocycles. The minimum atomic E-state index is -4.64. The van der Waals surface area contributed by atoms with Crippen molar-refractivity contribution >= 4 is 10.0 Å². The standard InChI is InChI=1S/C14H22F3NO3S/c15-14(16,17)21-8-10-6-18(7-10)22(19,20)9-12-5-11-3-1-2-4-13(11)12/h10-13H,1-9H2/t11-,12-,13-/m0/s1. The normalized spacial score (nSPS) is 33.9. The largest absolute Gasteiger partial charge is 0.522 e. The van der Waals surface area contributed by atoms with E-state index in [-0.39, 0.29) is 30.7 Å². The topological polar surface area (TPSA) is 46.6 Å². The predicted octanol–water partition coefficient (Wildman–Crippen LogP) is 2.61. The summed E-state index contributed by atoms with van der Waals surface area (Å²) in [6.45, 7) is -0.151. The van der Waals surface area contributed by atoms with Crippen molar-refractivity contribution in [1.82, 2.24) is 4.31 Å². The number of sulfonamides is 1. The minimum absolute atomic E-state index is 0.152. The molecular formula is C14H22F3NO3S. The molecular weight excluding hydrogens is 319 g/mol. The Hall–Kier alpha value is -0.340. The molecule has 0 radical (unpaired) electrons. The zero-order valence-electron chi connectivity index (χ0n) is 12.4. The highest BCUT2D eigenvalue weighted by molar-refractivity contribution is 7.89. The van der Waals surface area contributed by atoms with Gasteiger partial charge in [-0.15, -0.1) is 13.2 Å². The molecule has 22 heavy (non-hydrogen) atoms. The third kappa shape index (κ3) is 3.59. The van der Waals surface area contributed by atoms with E-state index in [1.807, 2.05) is 0 Å². The van der Waals surface area contributed by atoms with Gasteiger partial charge in [0.05, 0.1) is 12.4 Å². The lowest BCUT2D eigenvalue weighted by Gasteiger charge is -2.49. The molecule has 0 amide bonds. The van der Waals surface area contributed by atoms with Crippen molar-refractivity contribution in [3.05, 3.63) is 0 Å². The molecule has 3 atom stereocenters. The van der Waals surface area contributed by atoms with Crippen molar-refractivity contribution in [3.63, 3.8) is 0 Å². The lowest BCUT2D eigenvalue weighted by atomic mass is 9.59. The van der Waals surface area contributed by atoms with Crippen LogP contribution in [0.5, 0.6) is 0 Å². The molecule has 3 rings (SSSR count). The average Bonchev–Trinajstić information content (AvgIpc) is 2.32. The zero-order valence-corrected chi connectivity index (χ0v) is 13.2. The molecule has 128 valence electrons. The van der Waals surface area contributed by atoms with Gasteiger partial charge in [0.1, 0.15) is 0 Å². The van der Waals surface area contributed by atoms with Gasteiger partial charge < -0.3 is 0 Å². The zero-order chi connectivity index (χ0) is 16.0. The van der Waals surface area contributed by atoms with E-state index >= 15 is 0 Å². The predicted molar refractivity (Wildman–Crippen MR) is 74.4 cm³/mol. The molecule has 0 N–H and O–H groups in total. The van der Waals surface area contributed by atoms with Crippen LogP contribution in [0.15, 0.2) is 0 Å². The smallest absolute Gasteiger partial charge is 0.292 e. The van der Waals surface area contributed by atoms with Crippen molar-refractivity contribution < 1.29 is 26.3 Å². The molecule has 0 unspecified atom stereocenters. The summed E-state index contributed by atoms with van der Waals surface area (Å²) in [4.78, 5) is 0. The Bertz CT molecular complexity index is 502. The third-order valence-corrected chi connectivity index (χ3v) is 7.34. The average molecular weight is 341 g/mol. The molecule has 0 aromatic rings. The maximum absolute atomic E-state index is 12.3. The van der Waals surface area contributed by atoms with Crippen LogP contribution in [0.3, 0.4) is 0 Å². The van der Waals surface area contributed by atoms with Crippen molar-refractivity contribution in [1.29, 1.82) is 0 Å². The van der Waals surface area contributed by atoms with Crippen molar-refractivity contribution in [2.24, 2.45) is 23.7 Å². The molecule has 1 saturated heterocycles. The number of halogens is 3. The lowest BCUT2D eigenvalue weighted by molar-refractivity contribution is -0.330. The van der Waals surface area contributed by atoms with E-state index in [1.165, 1.54) is 23.6 Å². The van der Waals surface area contributed by atoms with Gasteiger partial charge in [-0.05, 0) is 30.6 Å². The number of nitrogens with zero attached hydrogens (tertiary/aromatic N) is 1. The second kappa shape index (κ2) is 5.94. The highest BCUT2D eigenvalue weighted by Crippen LogP contribution is 2.50. The Kier molecular flexibility index (Phi) is 4.46. The summed E-state index contributed by atoms with van der Waals surface area (Å²) < 4.78 is 65.5. The number of alkyl halides is 3. The molecule has 0 bridgehead atoms. The van der Waals surface area contributed by atoms with Gasteiger partial charge in [0.2, 0.25) is 10.0 Å². The quantitative estimate of drug-likeness (QED) is 0.772. The second-order valence-electron chi connectivity index (χ2n) is 6.92. The van der Waals surface area contributed by atoms with E-state index in [0.29, 0.717) is 11.8 Å². The van der Waals surface area contributed by atoms with Gasteiger partial charge in [-0.3, -0.25) is 4.74 Å². The maximum atomic E-state index is 12.3. The van der Waals surface area contributed by atoms with Crippen LogP contribution in [-0.4, -0.2) is 44.5 Å². The van der Waals surface area contributed by atoms with Gasteiger partial charge in [0, 0.05) is 19.0 Å². The number of rotatable bonds is 5. The van der Waals surface area contributed by atoms with Crippen LogP contribution < -0.4 is 0 Å². The van der Waals surface area contributed by atoms with Crippen molar-refractivity contribution in [2.45, 2.75) is 38.5 Å². The minimum Gasteiger partial charge on any atom is -0.292 e. The number of hydrogen-bond donors (Lipinski definition) is 0. The van der Waals surface area contributed by atoms with Crippen molar-refractivity contribution in [3.8, 4) is 0 Å². The fourth-order valence-electron chi connectivity index (χ4n) is 4.15. The first-order valence-corrected chi connectivity index (χ1v) is 9.54. The fraction of sp³-hybridized carbons (Fsp3) is 1.00. The van der Waals surface area contributed by atoms with E-state index in [2.05, 4.69) is 4.74 Å². The summed E-state index contributed by atoms with van der Waals surface area (Å²) in [5.41, 5.74) is 0. The van der Waals surface area contributed by atoms with E-state index in [1.54, 1.807) is 0 Å². The first kappa shape index (κ1) is 16.5. The van der Waals surface area contributed by atoms with Gasteiger partial charge in [-0.1, -0.05) is 19.3 Å². The monoisotopic (exact) mass is 341 g/mol. The van der Waals surface area contributed by atoms with E-state index in [9.17, 15) is 21.6 Å². The van der Waals surface area contributed by atoms with Crippen LogP contribution in [0, 0.1) is 23.7 Å². The highest BCUT2D eigenvalue weighted by Gasteiger charge is 2.46. The Morgan fingerprint density at radius 1 is 1.14 bits per heavy atom. The Morgan fingerprint density at radius 2 is 1.82 bits per heavy atom. The van der Waals surface area contributed by atoms with Crippen LogP contribution in [-0.2, 0) is 14.8 Å². The van der Waals surface area contributed by atoms with E-state index in [0.717, 1.165) is 12.8 Å². The van der Waals surface area contributed by atoms with Gasteiger partial charge in [0.15, 0.2) is 0 Å². The molecule has 2 aliphatic carbocycles. The summed E-state index contributed by atoms with van der Waals surface area (Å²) >= 11 is 0. The number of ether oxygens (including phenoxy) is 1. The van der Waals surface area contributed by atoms with Crippen LogP contribution in [0.1, 0.15) is 32.1 Å². The molecule has 1 heterocycles. The Labute approximate surface area is 129 Å². The molecule has 2 saturated carbocycles. The lowest BCUT2D eigenvalue weighted by Crippen LogP contribution is -2.54. The Balaban J connectivity index is 1.43. The number of fused-ring (bicyclic) bond motifs is 1. The third-order valence-electron chi connectivity index (χ3n) is 5.40. The maximum Gasteiger partial charge on any atom is 0.522 e. The first-order valence-electron chi connectivity index (χ1n) is 7.93. The van der Waals surface area contributed by atoms with Gasteiger partial charge in [-0.2, -0.15) is 0 Å². The molecule has 3 aliphatic rings. The Morgan fingerprint density at radius 3 is 2.45 bits per heavy atom. The van der Waals surface area contributed by atoms with Gasteiger partial charge in [0.25, 0.3) is 0 Å². The van der Waals surface area contributed by atoms with Crippen LogP contribution in [0.2, 0.25) is 0 Å². The van der Waals surface area contributed by atoms with Crippen LogP contribution >= 0.6 is 0 Å². The summed E-state index contributed by atoms with van der Waals surface area (Å²) in [7, 11) is -3.32. The summed E-state index contributed by atoms with van der Waals surface area (Å²) in [5, 5.41) is 0. The molecule has 1 aliphatic heterocycles. The van der Waals surface area contributed by atoms with E-state index < -0.39 is 23.0 Å². The van der Waals surface area contributed by atoms with Crippen LogP contribution in [0.4, 0.5) is 13.2 Å². The van der Waals surface area contributed by atoms with Crippen molar-refractivity contribution in [2.75, 3.05) is 25.4 Å². The van der Waals surface area contributed by atoms with Crippen LogP contribution in [0.25, 0.3) is 0 Å². The molecule has 3 fully saturated rings. The van der Waals surface area contributed by atoms with E-state index in [4.69, 9.17) is 0 Å². The SMILES string of the molecule is O=S(=O)(C[C@@H]1C[C@@H]2CCCC[C@@H]21)N1CC(COC(F)(F)F)C1. The highest BCUT2D eigenvalue weighted by atomic mass is 32.2. The molecule has 4 nitrogen and oxygen atoms in total. The summed E-state index contributed by atoms with van der Waals surface area (Å²) in [6.07, 6.45) is 1.17.